The van der Waals surface area contributed by atoms with Gasteiger partial charge in [0.05, 0.1) is 6.10 Å². The molecule has 2 rings (SSSR count). The number of nitrogens with two attached hydrogens (primary N) is 1. The molecule has 0 bridgehead atoms. The van der Waals surface area contributed by atoms with E-state index >= 15 is 0 Å². The van der Waals surface area contributed by atoms with Crippen LogP contribution in [0.3, 0.4) is 0 Å². The maximum Gasteiger partial charge on any atom is 0.0695 e. The highest BCUT2D eigenvalue weighted by Crippen LogP contribution is 2.33. The molecule has 0 aromatic rings. The second-order valence-electron chi connectivity index (χ2n) is 5.74. The molecule has 0 aromatic heterocycles. The summed E-state index contributed by atoms with van der Waals surface area (Å²) in [5, 5.41) is 10.1. The fraction of sp³-hybridized carbons (Fsp3) is 1.00. The highest BCUT2D eigenvalue weighted by molar-refractivity contribution is 4.92. The fourth-order valence-corrected chi connectivity index (χ4v) is 3.92. The van der Waals surface area contributed by atoms with E-state index < -0.39 is 0 Å². The largest absolute Gasteiger partial charge is 0.391 e. The zero-order valence-corrected chi connectivity index (χ0v) is 11.1. The van der Waals surface area contributed by atoms with Crippen molar-refractivity contribution in [3.05, 3.63) is 0 Å². The lowest BCUT2D eigenvalue weighted by Gasteiger charge is -2.43. The maximum atomic E-state index is 10.1. The van der Waals surface area contributed by atoms with Crippen LogP contribution < -0.4 is 5.73 Å². The minimum Gasteiger partial charge on any atom is -0.391 e. The quantitative estimate of drug-likeness (QED) is 0.787. The van der Waals surface area contributed by atoms with Crippen LogP contribution in [0.4, 0.5) is 0 Å². The lowest BCUT2D eigenvalue weighted by atomic mass is 9.82. The lowest BCUT2D eigenvalue weighted by Crippen LogP contribution is -2.52. The average Bonchev–Trinajstić information content (AvgIpc) is 2.78. The normalized spacial score (nSPS) is 38.8. The van der Waals surface area contributed by atoms with E-state index in [4.69, 9.17) is 5.73 Å². The van der Waals surface area contributed by atoms with Gasteiger partial charge < -0.3 is 10.8 Å². The van der Waals surface area contributed by atoms with Gasteiger partial charge in [0.25, 0.3) is 0 Å². The van der Waals surface area contributed by atoms with Crippen molar-refractivity contribution >= 4 is 0 Å². The Morgan fingerprint density at radius 3 is 2.35 bits per heavy atom. The molecule has 2 aliphatic rings. The van der Waals surface area contributed by atoms with Gasteiger partial charge in [-0.2, -0.15) is 0 Å². The summed E-state index contributed by atoms with van der Waals surface area (Å²) in [7, 11) is 0. The van der Waals surface area contributed by atoms with E-state index in [0.29, 0.717) is 18.0 Å². The lowest BCUT2D eigenvalue weighted by molar-refractivity contribution is 0.0148. The Morgan fingerprint density at radius 1 is 1.06 bits per heavy atom. The van der Waals surface area contributed by atoms with Crippen molar-refractivity contribution in [1.29, 1.82) is 0 Å². The summed E-state index contributed by atoms with van der Waals surface area (Å²) in [6.07, 6.45) is 8.46. The van der Waals surface area contributed by atoms with Gasteiger partial charge in [0.15, 0.2) is 0 Å². The summed E-state index contributed by atoms with van der Waals surface area (Å²) in [5.41, 5.74) is 5.93. The molecule has 0 aliphatic heterocycles. The number of aliphatic hydroxyl groups is 1. The van der Waals surface area contributed by atoms with Crippen LogP contribution in [0.2, 0.25) is 0 Å². The van der Waals surface area contributed by atoms with E-state index in [1.165, 1.54) is 38.5 Å². The molecule has 100 valence electrons. The maximum absolute atomic E-state index is 10.1. The highest BCUT2D eigenvalue weighted by Gasteiger charge is 2.37. The van der Waals surface area contributed by atoms with E-state index in [0.717, 1.165) is 19.5 Å². The van der Waals surface area contributed by atoms with Crippen molar-refractivity contribution in [3.8, 4) is 0 Å². The standard InChI is InChI=1S/C14H28N2O/c1-2-16(13-8-5-9-14(13)17)12-7-4-3-6-11(12)10-15/h11-14,17H,2-10,15H2,1H3. The Hall–Kier alpha value is -0.120. The third-order valence-corrected chi connectivity index (χ3v) is 4.83. The molecule has 4 unspecified atom stereocenters. The molecule has 0 amide bonds. The molecule has 0 spiro atoms. The molecule has 2 saturated carbocycles. The summed E-state index contributed by atoms with van der Waals surface area (Å²) >= 11 is 0. The van der Waals surface area contributed by atoms with E-state index in [9.17, 15) is 5.11 Å². The van der Waals surface area contributed by atoms with Gasteiger partial charge in [-0.15, -0.1) is 0 Å². The van der Waals surface area contributed by atoms with Crippen LogP contribution in [0.25, 0.3) is 0 Å². The SMILES string of the molecule is CCN(C1CCCC1O)C1CCCCC1CN. The number of nitrogens with zero attached hydrogens (tertiary/aromatic N) is 1. The number of likely N-dealkylation sites (N-methyl/N-ethyl adjacent to an activating group) is 1. The van der Waals surface area contributed by atoms with Crippen LogP contribution >= 0.6 is 0 Å². The van der Waals surface area contributed by atoms with Crippen molar-refractivity contribution in [3.63, 3.8) is 0 Å². The van der Waals surface area contributed by atoms with Crippen LogP contribution in [-0.2, 0) is 0 Å². The van der Waals surface area contributed by atoms with Crippen LogP contribution in [0.5, 0.6) is 0 Å². The molecule has 2 fully saturated rings. The topological polar surface area (TPSA) is 49.5 Å². The predicted octanol–water partition coefficient (Wildman–Crippen LogP) is 1.74. The van der Waals surface area contributed by atoms with E-state index in [2.05, 4.69) is 11.8 Å². The second kappa shape index (κ2) is 6.17. The molecule has 3 N–H and O–H groups in total. The molecule has 3 heteroatoms. The predicted molar refractivity (Wildman–Crippen MR) is 70.8 cm³/mol. The summed E-state index contributed by atoms with van der Waals surface area (Å²) in [6.45, 7) is 4.10. The van der Waals surface area contributed by atoms with Crippen LogP contribution in [0, 0.1) is 5.92 Å². The van der Waals surface area contributed by atoms with Crippen LogP contribution in [-0.4, -0.2) is 41.3 Å². The van der Waals surface area contributed by atoms with Crippen molar-refractivity contribution < 1.29 is 5.11 Å². The number of rotatable bonds is 4. The summed E-state index contributed by atoms with van der Waals surface area (Å²) in [6, 6.07) is 1.02. The fourth-order valence-electron chi connectivity index (χ4n) is 3.92. The Balaban J connectivity index is 2.04. The second-order valence-corrected chi connectivity index (χ2v) is 5.74. The van der Waals surface area contributed by atoms with E-state index in [1.807, 2.05) is 0 Å². The third kappa shape index (κ3) is 2.83. The van der Waals surface area contributed by atoms with Gasteiger partial charge in [0.1, 0.15) is 0 Å². The molecule has 0 saturated heterocycles. The minimum absolute atomic E-state index is 0.102. The monoisotopic (exact) mass is 240 g/mol. The molecule has 4 atom stereocenters. The van der Waals surface area contributed by atoms with E-state index in [-0.39, 0.29) is 6.10 Å². The molecular weight excluding hydrogens is 212 g/mol. The van der Waals surface area contributed by atoms with Gasteiger partial charge in [-0.25, -0.2) is 0 Å². The Kier molecular flexibility index (Phi) is 4.83. The van der Waals surface area contributed by atoms with Crippen LogP contribution in [0.15, 0.2) is 0 Å². The van der Waals surface area contributed by atoms with Gasteiger partial charge >= 0.3 is 0 Å². The number of hydrogen-bond donors (Lipinski definition) is 2. The first-order valence-corrected chi connectivity index (χ1v) is 7.41. The number of aliphatic hydroxyl groups excluding tert-OH is 1. The van der Waals surface area contributed by atoms with Gasteiger partial charge in [0.2, 0.25) is 0 Å². The average molecular weight is 240 g/mol. The zero-order chi connectivity index (χ0) is 12.3. The van der Waals surface area contributed by atoms with Crippen molar-refractivity contribution in [2.75, 3.05) is 13.1 Å². The zero-order valence-electron chi connectivity index (χ0n) is 11.1. The molecule has 0 heterocycles. The van der Waals surface area contributed by atoms with Gasteiger partial charge in [0, 0.05) is 12.1 Å². The van der Waals surface area contributed by atoms with Crippen molar-refractivity contribution in [2.45, 2.75) is 70.1 Å². The Labute approximate surface area is 105 Å². The summed E-state index contributed by atoms with van der Waals surface area (Å²) in [4.78, 5) is 2.56. The molecular formula is C14H28N2O. The third-order valence-electron chi connectivity index (χ3n) is 4.83. The molecule has 17 heavy (non-hydrogen) atoms. The van der Waals surface area contributed by atoms with Crippen molar-refractivity contribution in [1.82, 2.24) is 4.90 Å². The van der Waals surface area contributed by atoms with Crippen molar-refractivity contribution in [2.24, 2.45) is 11.7 Å². The minimum atomic E-state index is -0.102. The number of hydrogen-bond acceptors (Lipinski definition) is 3. The molecule has 3 nitrogen and oxygen atoms in total. The Bertz CT molecular complexity index is 234. The van der Waals surface area contributed by atoms with Gasteiger partial charge in [-0.05, 0) is 51.1 Å². The Morgan fingerprint density at radius 2 is 1.76 bits per heavy atom. The summed E-state index contributed by atoms with van der Waals surface area (Å²) in [5.74, 6) is 0.650. The first-order chi connectivity index (χ1) is 8.27. The molecule has 0 aromatic carbocycles. The summed E-state index contributed by atoms with van der Waals surface area (Å²) < 4.78 is 0. The van der Waals surface area contributed by atoms with Gasteiger partial charge in [-0.1, -0.05) is 19.8 Å². The molecule has 0 radical (unpaired) electrons. The first kappa shape index (κ1) is 13.3. The molecule has 2 aliphatic carbocycles. The van der Waals surface area contributed by atoms with Crippen LogP contribution in [0.1, 0.15) is 51.9 Å². The first-order valence-electron chi connectivity index (χ1n) is 7.41. The smallest absolute Gasteiger partial charge is 0.0695 e. The highest BCUT2D eigenvalue weighted by atomic mass is 16.3. The van der Waals surface area contributed by atoms with Gasteiger partial charge in [-0.3, -0.25) is 4.90 Å². The van der Waals surface area contributed by atoms with E-state index in [1.54, 1.807) is 0 Å².